The number of benzene rings is 3. The van der Waals surface area contributed by atoms with Crippen LogP contribution in [0.3, 0.4) is 0 Å². The Morgan fingerprint density at radius 2 is 1.51 bits per heavy atom. The molecule has 3 N–H and O–H groups in total. The van der Waals surface area contributed by atoms with Crippen molar-refractivity contribution >= 4 is 17.6 Å². The lowest BCUT2D eigenvalue weighted by molar-refractivity contribution is 0.0951. The number of hydrogen-bond donors (Lipinski definition) is 3. The highest BCUT2D eigenvalue weighted by Crippen LogP contribution is 2.27. The number of nitrogens with zero attached hydrogens (tertiary/aromatic N) is 1. The van der Waals surface area contributed by atoms with Gasteiger partial charge in [-0.2, -0.15) is 0 Å². The molecule has 4 rings (SSSR count). The Kier molecular flexibility index (Phi) is 7.42. The predicted molar refractivity (Wildman–Crippen MR) is 130 cm³/mol. The second kappa shape index (κ2) is 11.0. The van der Waals surface area contributed by atoms with Gasteiger partial charge in [0.2, 0.25) is 0 Å². The third-order valence-corrected chi connectivity index (χ3v) is 5.25. The first-order valence-corrected chi connectivity index (χ1v) is 10.9. The largest absolute Gasteiger partial charge is 0.346 e. The Balaban J connectivity index is 1.49. The molecule has 8 heteroatoms. The number of rotatable bonds is 7. The molecule has 1 heterocycles. The Morgan fingerprint density at radius 1 is 0.771 bits per heavy atom. The molecular formula is C27H22F2N4O2. The maximum Gasteiger partial charge on any atom is 0.319 e. The quantitative estimate of drug-likeness (QED) is 0.342. The predicted octanol–water partition coefficient (Wildman–Crippen LogP) is 5.28. The lowest BCUT2D eigenvalue weighted by Crippen LogP contribution is -2.29. The van der Waals surface area contributed by atoms with Crippen LogP contribution in [0.2, 0.25) is 0 Å². The number of aromatic nitrogens is 1. The van der Waals surface area contributed by atoms with E-state index in [0.29, 0.717) is 17.2 Å². The summed E-state index contributed by atoms with van der Waals surface area (Å²) in [4.78, 5) is 29.5. The first-order valence-electron chi connectivity index (χ1n) is 10.9. The summed E-state index contributed by atoms with van der Waals surface area (Å²) in [5.41, 5.74) is 3.32. The first-order chi connectivity index (χ1) is 17.0. The Bertz CT molecular complexity index is 1350. The summed E-state index contributed by atoms with van der Waals surface area (Å²) >= 11 is 0. The molecule has 0 fully saturated rings. The highest BCUT2D eigenvalue weighted by atomic mass is 19.1. The van der Waals surface area contributed by atoms with E-state index in [-0.39, 0.29) is 24.7 Å². The fourth-order valence-corrected chi connectivity index (χ4v) is 3.55. The number of carbonyl (C=O) groups excluding carboxylic acids is 2. The van der Waals surface area contributed by atoms with Gasteiger partial charge in [-0.15, -0.1) is 0 Å². The lowest BCUT2D eigenvalue weighted by Gasteiger charge is -2.15. The van der Waals surface area contributed by atoms with Crippen molar-refractivity contribution in [3.05, 3.63) is 120 Å². The van der Waals surface area contributed by atoms with Crippen molar-refractivity contribution in [1.82, 2.24) is 15.6 Å². The molecule has 0 bridgehead atoms. The van der Waals surface area contributed by atoms with Gasteiger partial charge in [-0.25, -0.2) is 13.6 Å². The molecule has 0 aliphatic heterocycles. The number of halogens is 2. The van der Waals surface area contributed by atoms with Crippen LogP contribution in [0.15, 0.2) is 91.1 Å². The zero-order valence-corrected chi connectivity index (χ0v) is 18.6. The summed E-state index contributed by atoms with van der Waals surface area (Å²) in [7, 11) is 0. The van der Waals surface area contributed by atoms with Crippen LogP contribution in [0, 0.1) is 11.6 Å². The highest BCUT2D eigenvalue weighted by Gasteiger charge is 2.15. The third-order valence-electron chi connectivity index (χ3n) is 5.25. The second-order valence-corrected chi connectivity index (χ2v) is 7.64. The van der Waals surface area contributed by atoms with Crippen LogP contribution in [0.1, 0.15) is 21.6 Å². The van der Waals surface area contributed by atoms with Gasteiger partial charge in [0.1, 0.15) is 11.6 Å². The standard InChI is InChI=1S/C27H22F2N4O2/c28-19-12-13-25(24(29)15-19)33-27(35)32-16-18-7-1-2-9-21(18)22-10-3-4-11-23(22)26(34)31-17-20-8-5-6-14-30-20/h1-15H,16-17H2,(H,31,34)(H2,32,33,35). The fraction of sp³-hybridized carbons (Fsp3) is 0.0741. The molecule has 0 saturated heterocycles. The summed E-state index contributed by atoms with van der Waals surface area (Å²) in [6, 6.07) is 22.3. The van der Waals surface area contributed by atoms with Crippen molar-refractivity contribution in [2.75, 3.05) is 5.32 Å². The zero-order chi connectivity index (χ0) is 24.6. The summed E-state index contributed by atoms with van der Waals surface area (Å²) in [6.07, 6.45) is 1.67. The number of nitrogens with one attached hydrogen (secondary N) is 3. The van der Waals surface area contributed by atoms with Crippen LogP contribution in [0.5, 0.6) is 0 Å². The molecule has 3 aromatic carbocycles. The van der Waals surface area contributed by atoms with E-state index in [9.17, 15) is 18.4 Å². The molecule has 4 aromatic rings. The maximum atomic E-state index is 13.8. The van der Waals surface area contributed by atoms with Crippen molar-refractivity contribution in [2.24, 2.45) is 0 Å². The highest BCUT2D eigenvalue weighted by molar-refractivity contribution is 6.01. The molecule has 0 unspecified atom stereocenters. The van der Waals surface area contributed by atoms with Gasteiger partial charge in [-0.3, -0.25) is 9.78 Å². The second-order valence-electron chi connectivity index (χ2n) is 7.64. The van der Waals surface area contributed by atoms with Crippen LogP contribution in [-0.2, 0) is 13.1 Å². The summed E-state index contributed by atoms with van der Waals surface area (Å²) in [6.45, 7) is 0.409. The minimum Gasteiger partial charge on any atom is -0.346 e. The van der Waals surface area contributed by atoms with Gasteiger partial charge < -0.3 is 16.0 Å². The zero-order valence-electron chi connectivity index (χ0n) is 18.6. The monoisotopic (exact) mass is 472 g/mol. The minimum absolute atomic E-state index is 0.120. The molecule has 3 amide bonds. The summed E-state index contributed by atoms with van der Waals surface area (Å²) in [5.74, 6) is -1.85. The van der Waals surface area contributed by atoms with E-state index in [1.54, 1.807) is 18.3 Å². The number of urea groups is 1. The molecular weight excluding hydrogens is 450 g/mol. The SMILES string of the molecule is O=C(NCc1ccccc1-c1ccccc1C(=O)NCc1ccccn1)Nc1ccc(F)cc1F. The van der Waals surface area contributed by atoms with Crippen molar-refractivity contribution in [1.29, 1.82) is 0 Å². The minimum atomic E-state index is -0.869. The van der Waals surface area contributed by atoms with E-state index < -0.39 is 17.7 Å². The van der Waals surface area contributed by atoms with E-state index in [4.69, 9.17) is 0 Å². The number of hydrogen-bond acceptors (Lipinski definition) is 3. The molecule has 0 radical (unpaired) electrons. The van der Waals surface area contributed by atoms with Crippen LogP contribution >= 0.6 is 0 Å². The van der Waals surface area contributed by atoms with Crippen LogP contribution in [0.4, 0.5) is 19.3 Å². The Hall–Kier alpha value is -4.59. The van der Waals surface area contributed by atoms with Crippen molar-refractivity contribution < 1.29 is 18.4 Å². The normalized spacial score (nSPS) is 10.5. The van der Waals surface area contributed by atoms with Gasteiger partial charge in [-0.1, -0.05) is 48.5 Å². The molecule has 1 aromatic heterocycles. The van der Waals surface area contributed by atoms with E-state index in [2.05, 4.69) is 20.9 Å². The Morgan fingerprint density at radius 3 is 2.29 bits per heavy atom. The average Bonchev–Trinajstić information content (AvgIpc) is 2.88. The van der Waals surface area contributed by atoms with Crippen LogP contribution in [-0.4, -0.2) is 16.9 Å². The van der Waals surface area contributed by atoms with Crippen molar-refractivity contribution in [2.45, 2.75) is 13.1 Å². The summed E-state index contributed by atoms with van der Waals surface area (Å²) < 4.78 is 26.9. The van der Waals surface area contributed by atoms with Gasteiger partial charge in [0.05, 0.1) is 17.9 Å². The molecule has 0 spiro atoms. The van der Waals surface area contributed by atoms with Crippen LogP contribution in [0.25, 0.3) is 11.1 Å². The van der Waals surface area contributed by atoms with Gasteiger partial charge in [0, 0.05) is 24.4 Å². The number of pyridine rings is 1. The number of amides is 3. The number of carbonyl (C=O) groups is 2. The van der Waals surface area contributed by atoms with Gasteiger partial charge in [-0.05, 0) is 47.0 Å². The molecule has 6 nitrogen and oxygen atoms in total. The smallest absolute Gasteiger partial charge is 0.319 e. The van der Waals surface area contributed by atoms with E-state index >= 15 is 0 Å². The van der Waals surface area contributed by atoms with Crippen molar-refractivity contribution in [3.8, 4) is 11.1 Å². The first kappa shape index (κ1) is 23.6. The van der Waals surface area contributed by atoms with E-state index in [1.807, 2.05) is 54.6 Å². The topological polar surface area (TPSA) is 83.1 Å². The van der Waals surface area contributed by atoms with Gasteiger partial charge in [0.25, 0.3) is 5.91 Å². The van der Waals surface area contributed by atoms with Gasteiger partial charge >= 0.3 is 6.03 Å². The average molecular weight is 472 g/mol. The maximum absolute atomic E-state index is 13.8. The molecule has 0 aliphatic carbocycles. The summed E-state index contributed by atoms with van der Waals surface area (Å²) in [5, 5.41) is 7.93. The number of anilines is 1. The van der Waals surface area contributed by atoms with E-state index in [0.717, 1.165) is 29.0 Å². The molecule has 0 aliphatic rings. The molecule has 0 atom stereocenters. The van der Waals surface area contributed by atoms with E-state index in [1.165, 1.54) is 0 Å². The lowest BCUT2D eigenvalue weighted by atomic mass is 9.95. The molecule has 35 heavy (non-hydrogen) atoms. The molecule has 0 saturated carbocycles. The third kappa shape index (κ3) is 6.05. The fourth-order valence-electron chi connectivity index (χ4n) is 3.55. The Labute approximate surface area is 201 Å². The van der Waals surface area contributed by atoms with Crippen molar-refractivity contribution in [3.63, 3.8) is 0 Å². The van der Waals surface area contributed by atoms with Gasteiger partial charge in [0.15, 0.2) is 0 Å². The van der Waals surface area contributed by atoms with Crippen LogP contribution < -0.4 is 16.0 Å². The molecule has 176 valence electrons.